The molecular formula is C25H17Cl4NO3S. The molecule has 1 aliphatic heterocycles. The summed E-state index contributed by atoms with van der Waals surface area (Å²) in [5.74, 6) is -0.0690. The Hall–Kier alpha value is -2.15. The van der Waals surface area contributed by atoms with Gasteiger partial charge in [0.15, 0.2) is 5.75 Å². The van der Waals surface area contributed by atoms with Crippen LogP contribution in [0.25, 0.3) is 6.08 Å². The van der Waals surface area contributed by atoms with Crippen molar-refractivity contribution in [1.29, 1.82) is 0 Å². The highest BCUT2D eigenvalue weighted by molar-refractivity contribution is 8.18. The zero-order valence-electron chi connectivity index (χ0n) is 17.8. The predicted octanol–water partition coefficient (Wildman–Crippen LogP) is 8.42. The molecule has 0 unspecified atom stereocenters. The van der Waals surface area contributed by atoms with Crippen molar-refractivity contribution in [3.63, 3.8) is 0 Å². The highest BCUT2D eigenvalue weighted by Crippen LogP contribution is 2.38. The van der Waals surface area contributed by atoms with Crippen molar-refractivity contribution < 1.29 is 14.3 Å². The van der Waals surface area contributed by atoms with E-state index in [0.29, 0.717) is 43.6 Å². The molecule has 1 fully saturated rings. The molecule has 3 aromatic rings. The van der Waals surface area contributed by atoms with Gasteiger partial charge in [-0.2, -0.15) is 0 Å². The molecule has 0 aromatic heterocycles. The summed E-state index contributed by atoms with van der Waals surface area (Å²) < 4.78 is 5.83. The fraction of sp³-hybridized carbons (Fsp3) is 0.120. The fourth-order valence-electron chi connectivity index (χ4n) is 3.37. The van der Waals surface area contributed by atoms with Gasteiger partial charge in [-0.25, -0.2) is 0 Å². The van der Waals surface area contributed by atoms with E-state index in [4.69, 9.17) is 51.1 Å². The van der Waals surface area contributed by atoms with Crippen molar-refractivity contribution in [2.75, 3.05) is 0 Å². The second-order valence-corrected chi connectivity index (χ2v) is 10.2. The number of rotatable bonds is 6. The molecule has 2 amide bonds. The number of imide groups is 1. The molecular weight excluding hydrogens is 536 g/mol. The lowest BCUT2D eigenvalue weighted by molar-refractivity contribution is -0.123. The molecule has 34 heavy (non-hydrogen) atoms. The number of hydrogen-bond donors (Lipinski definition) is 0. The van der Waals surface area contributed by atoms with E-state index in [-0.39, 0.29) is 11.4 Å². The zero-order valence-corrected chi connectivity index (χ0v) is 21.6. The molecule has 0 radical (unpaired) electrons. The summed E-state index contributed by atoms with van der Waals surface area (Å²) in [7, 11) is 0. The van der Waals surface area contributed by atoms with Gasteiger partial charge in [0, 0.05) is 10.0 Å². The molecule has 174 valence electrons. The second-order valence-electron chi connectivity index (χ2n) is 7.59. The van der Waals surface area contributed by atoms with Crippen LogP contribution in [0.5, 0.6) is 5.75 Å². The quantitative estimate of drug-likeness (QED) is 0.288. The van der Waals surface area contributed by atoms with Crippen LogP contribution in [0.1, 0.15) is 22.3 Å². The first-order valence-corrected chi connectivity index (χ1v) is 12.4. The van der Waals surface area contributed by atoms with E-state index in [9.17, 15) is 9.59 Å². The first kappa shape index (κ1) is 25.0. The Morgan fingerprint density at radius 1 is 0.941 bits per heavy atom. The number of carbonyl (C=O) groups excluding carboxylic acids is 2. The van der Waals surface area contributed by atoms with E-state index >= 15 is 0 Å². The Morgan fingerprint density at radius 2 is 1.68 bits per heavy atom. The Morgan fingerprint density at radius 3 is 2.35 bits per heavy atom. The molecule has 0 aliphatic carbocycles. The SMILES string of the molecule is Cc1cccc(COc2c(Cl)cc(/C=C3\SC(=O)N(Cc4ccc(Cl)cc4Cl)C3=O)cc2Cl)c1. The Balaban J connectivity index is 1.51. The first-order valence-electron chi connectivity index (χ1n) is 10.1. The molecule has 1 saturated heterocycles. The lowest BCUT2D eigenvalue weighted by Gasteiger charge is -2.13. The molecule has 4 nitrogen and oxygen atoms in total. The molecule has 0 saturated carbocycles. The number of benzene rings is 3. The number of amides is 2. The molecule has 0 spiro atoms. The third-order valence-corrected chi connectivity index (χ3v) is 7.06. The van der Waals surface area contributed by atoms with Crippen molar-refractivity contribution >= 4 is 75.4 Å². The normalized spacial score (nSPS) is 14.9. The van der Waals surface area contributed by atoms with Crippen LogP contribution >= 0.6 is 58.2 Å². The third kappa shape index (κ3) is 5.73. The maximum atomic E-state index is 12.9. The van der Waals surface area contributed by atoms with Gasteiger partial charge in [0.05, 0.1) is 21.5 Å². The van der Waals surface area contributed by atoms with Crippen LogP contribution < -0.4 is 4.74 Å². The van der Waals surface area contributed by atoms with Crippen molar-refractivity contribution in [2.24, 2.45) is 0 Å². The van der Waals surface area contributed by atoms with Gasteiger partial charge in [0.1, 0.15) is 6.61 Å². The van der Waals surface area contributed by atoms with Gasteiger partial charge >= 0.3 is 0 Å². The topological polar surface area (TPSA) is 46.6 Å². The van der Waals surface area contributed by atoms with Crippen LogP contribution in [-0.2, 0) is 17.9 Å². The largest absolute Gasteiger partial charge is 0.486 e. The van der Waals surface area contributed by atoms with Crippen LogP contribution in [0.2, 0.25) is 20.1 Å². The van der Waals surface area contributed by atoms with Gasteiger partial charge in [-0.3, -0.25) is 14.5 Å². The highest BCUT2D eigenvalue weighted by atomic mass is 35.5. The number of ether oxygens (including phenoxy) is 1. The van der Waals surface area contributed by atoms with Gasteiger partial charge in [-0.15, -0.1) is 0 Å². The lowest BCUT2D eigenvalue weighted by Crippen LogP contribution is -2.27. The molecule has 9 heteroatoms. The maximum Gasteiger partial charge on any atom is 0.293 e. The molecule has 1 aliphatic rings. The van der Waals surface area contributed by atoms with Crippen LogP contribution in [0, 0.1) is 6.92 Å². The van der Waals surface area contributed by atoms with E-state index in [2.05, 4.69) is 0 Å². The highest BCUT2D eigenvalue weighted by Gasteiger charge is 2.35. The monoisotopic (exact) mass is 551 g/mol. The minimum absolute atomic E-state index is 0.0469. The van der Waals surface area contributed by atoms with E-state index in [0.717, 1.165) is 27.8 Å². The van der Waals surface area contributed by atoms with Crippen LogP contribution in [0.15, 0.2) is 59.5 Å². The zero-order chi connectivity index (χ0) is 24.4. The second kappa shape index (κ2) is 10.6. The maximum absolute atomic E-state index is 12.9. The van der Waals surface area contributed by atoms with E-state index in [1.165, 1.54) is 0 Å². The summed E-state index contributed by atoms with van der Waals surface area (Å²) in [6, 6.07) is 16.1. The minimum atomic E-state index is -0.423. The van der Waals surface area contributed by atoms with Crippen molar-refractivity contribution in [3.05, 3.63) is 102 Å². The summed E-state index contributed by atoms with van der Waals surface area (Å²) in [5.41, 5.74) is 3.32. The summed E-state index contributed by atoms with van der Waals surface area (Å²) in [4.78, 5) is 26.8. The minimum Gasteiger partial charge on any atom is -0.486 e. The Bertz CT molecular complexity index is 1300. The van der Waals surface area contributed by atoms with Gasteiger partial charge in [-0.1, -0.05) is 82.3 Å². The number of aryl methyl sites for hydroxylation is 1. The fourth-order valence-corrected chi connectivity index (χ4v) is 5.29. The van der Waals surface area contributed by atoms with Crippen molar-refractivity contribution in [2.45, 2.75) is 20.1 Å². The third-order valence-electron chi connectivity index (χ3n) is 5.00. The lowest BCUT2D eigenvalue weighted by atomic mass is 10.1. The molecule has 4 rings (SSSR count). The first-order chi connectivity index (χ1) is 16.2. The van der Waals surface area contributed by atoms with Gasteiger partial charge in [0.2, 0.25) is 0 Å². The van der Waals surface area contributed by atoms with Gasteiger partial charge < -0.3 is 4.74 Å². The van der Waals surface area contributed by atoms with Crippen molar-refractivity contribution in [1.82, 2.24) is 4.90 Å². The standard InChI is InChI=1S/C25H17Cl4NO3S/c1-14-3-2-4-15(7-14)13-33-23-20(28)8-16(9-21(23)29)10-22-24(31)30(25(32)34-22)12-17-5-6-18(26)11-19(17)27/h2-11H,12-13H2,1H3/b22-10-. The predicted molar refractivity (Wildman–Crippen MR) is 140 cm³/mol. The average Bonchev–Trinajstić information content (AvgIpc) is 3.02. The van der Waals surface area contributed by atoms with E-state index in [1.807, 2.05) is 31.2 Å². The summed E-state index contributed by atoms with van der Waals surface area (Å²) in [6.07, 6.45) is 1.58. The van der Waals surface area contributed by atoms with E-state index < -0.39 is 11.1 Å². The van der Waals surface area contributed by atoms with Crippen LogP contribution in [0.4, 0.5) is 4.79 Å². The number of thioether (sulfide) groups is 1. The summed E-state index contributed by atoms with van der Waals surface area (Å²) in [5, 5.41) is 1.08. The number of nitrogens with zero attached hydrogens (tertiary/aromatic N) is 1. The summed E-state index contributed by atoms with van der Waals surface area (Å²) in [6.45, 7) is 2.36. The average molecular weight is 553 g/mol. The van der Waals surface area contributed by atoms with Gasteiger partial charge in [-0.05, 0) is 65.7 Å². The molecule has 3 aromatic carbocycles. The van der Waals surface area contributed by atoms with Crippen LogP contribution in [0.3, 0.4) is 0 Å². The van der Waals surface area contributed by atoms with Gasteiger partial charge in [0.25, 0.3) is 11.1 Å². The summed E-state index contributed by atoms with van der Waals surface area (Å²) >= 11 is 25.8. The number of halogens is 4. The molecule has 0 atom stereocenters. The van der Waals surface area contributed by atoms with Crippen molar-refractivity contribution in [3.8, 4) is 5.75 Å². The smallest absolute Gasteiger partial charge is 0.293 e. The van der Waals surface area contributed by atoms with E-state index in [1.54, 1.807) is 36.4 Å². The molecule has 0 bridgehead atoms. The molecule has 1 heterocycles. The number of hydrogen-bond acceptors (Lipinski definition) is 4. The van der Waals surface area contributed by atoms with Crippen LogP contribution in [-0.4, -0.2) is 16.0 Å². The Labute approximate surface area is 221 Å². The number of carbonyl (C=O) groups is 2. The Kier molecular flexibility index (Phi) is 7.80. The molecule has 0 N–H and O–H groups in total.